The van der Waals surface area contributed by atoms with Gasteiger partial charge in [0, 0.05) is 22.7 Å². The highest BCUT2D eigenvalue weighted by molar-refractivity contribution is 9.10. The van der Waals surface area contributed by atoms with Crippen molar-refractivity contribution in [3.63, 3.8) is 0 Å². The van der Waals surface area contributed by atoms with E-state index in [1.165, 1.54) is 0 Å². The highest BCUT2D eigenvalue weighted by Crippen LogP contribution is 2.28. The van der Waals surface area contributed by atoms with Gasteiger partial charge in [-0.1, -0.05) is 15.9 Å². The zero-order valence-electron chi connectivity index (χ0n) is 7.78. The Bertz CT molecular complexity index is 304. The van der Waals surface area contributed by atoms with Crippen molar-refractivity contribution in [1.82, 2.24) is 0 Å². The molecule has 1 aromatic carbocycles. The zero-order valence-corrected chi connectivity index (χ0v) is 9.37. The van der Waals surface area contributed by atoms with E-state index in [4.69, 9.17) is 10.8 Å². The van der Waals surface area contributed by atoms with Gasteiger partial charge in [0.25, 0.3) is 0 Å². The van der Waals surface area contributed by atoms with Gasteiger partial charge in [0.15, 0.2) is 0 Å². The summed E-state index contributed by atoms with van der Waals surface area (Å²) in [6, 6.07) is 4.95. The van der Waals surface area contributed by atoms with Crippen molar-refractivity contribution in [2.75, 3.05) is 6.61 Å². The van der Waals surface area contributed by atoms with Gasteiger partial charge in [-0.25, -0.2) is 0 Å². The molecule has 3 nitrogen and oxygen atoms in total. The average molecular weight is 260 g/mol. The molecule has 4 N–H and O–H groups in total. The van der Waals surface area contributed by atoms with E-state index in [-0.39, 0.29) is 18.4 Å². The lowest BCUT2D eigenvalue weighted by molar-refractivity contribution is 0.279. The smallest absolute Gasteiger partial charge is 0.120 e. The monoisotopic (exact) mass is 259 g/mol. The van der Waals surface area contributed by atoms with E-state index in [1.807, 2.05) is 0 Å². The summed E-state index contributed by atoms with van der Waals surface area (Å²) < 4.78 is 0.893. The number of aliphatic hydroxyl groups excluding tert-OH is 1. The van der Waals surface area contributed by atoms with Gasteiger partial charge < -0.3 is 15.9 Å². The van der Waals surface area contributed by atoms with Crippen LogP contribution in [0.25, 0.3) is 0 Å². The fourth-order valence-electron chi connectivity index (χ4n) is 1.29. The van der Waals surface area contributed by atoms with Crippen LogP contribution in [0.3, 0.4) is 0 Å². The van der Waals surface area contributed by atoms with Gasteiger partial charge >= 0.3 is 0 Å². The van der Waals surface area contributed by atoms with E-state index >= 15 is 0 Å². The maximum Gasteiger partial charge on any atom is 0.120 e. The summed E-state index contributed by atoms with van der Waals surface area (Å²) in [6.45, 7) is 0.127. The Morgan fingerprint density at radius 2 is 2.14 bits per heavy atom. The first-order valence-corrected chi connectivity index (χ1v) is 5.29. The van der Waals surface area contributed by atoms with Crippen LogP contribution >= 0.6 is 15.9 Å². The van der Waals surface area contributed by atoms with Gasteiger partial charge in [0.2, 0.25) is 0 Å². The van der Waals surface area contributed by atoms with E-state index in [2.05, 4.69) is 15.9 Å². The number of rotatable bonds is 4. The minimum absolute atomic E-state index is 0.127. The number of nitrogens with two attached hydrogens (primary N) is 1. The molecule has 0 aliphatic carbocycles. The van der Waals surface area contributed by atoms with E-state index in [9.17, 15) is 5.11 Å². The number of hydrogen-bond acceptors (Lipinski definition) is 3. The molecule has 0 amide bonds. The minimum Gasteiger partial charge on any atom is -0.508 e. The molecule has 0 bridgehead atoms. The topological polar surface area (TPSA) is 66.5 Å². The SMILES string of the molecule is N[C@@H](CCCO)c1cc(Br)ccc1O. The van der Waals surface area contributed by atoms with Crippen molar-refractivity contribution in [2.45, 2.75) is 18.9 Å². The Hall–Kier alpha value is -0.580. The second-order valence-electron chi connectivity index (χ2n) is 3.18. The van der Waals surface area contributed by atoms with Gasteiger partial charge in [-0.3, -0.25) is 0 Å². The standard InChI is InChI=1S/C10H14BrNO2/c11-7-3-4-10(14)8(6-7)9(12)2-1-5-13/h3-4,6,9,13-14H,1-2,5,12H2/t9-/m0/s1. The number of halogens is 1. The first-order chi connectivity index (χ1) is 6.65. The fraction of sp³-hybridized carbons (Fsp3) is 0.400. The zero-order chi connectivity index (χ0) is 10.6. The normalized spacial score (nSPS) is 12.8. The Balaban J connectivity index is 2.77. The van der Waals surface area contributed by atoms with Gasteiger partial charge in [0.05, 0.1) is 0 Å². The largest absolute Gasteiger partial charge is 0.508 e. The molecule has 4 heteroatoms. The molecular weight excluding hydrogens is 246 g/mol. The highest BCUT2D eigenvalue weighted by Gasteiger charge is 2.10. The Morgan fingerprint density at radius 1 is 1.43 bits per heavy atom. The molecule has 0 saturated carbocycles. The van der Waals surface area contributed by atoms with Crippen molar-refractivity contribution in [1.29, 1.82) is 0 Å². The lowest BCUT2D eigenvalue weighted by Gasteiger charge is -2.13. The number of phenols is 1. The molecule has 0 spiro atoms. The lowest BCUT2D eigenvalue weighted by atomic mass is 10.0. The highest BCUT2D eigenvalue weighted by atomic mass is 79.9. The second-order valence-corrected chi connectivity index (χ2v) is 4.09. The third kappa shape index (κ3) is 2.97. The van der Waals surface area contributed by atoms with Crippen LogP contribution in [0.4, 0.5) is 0 Å². The average Bonchev–Trinajstić information content (AvgIpc) is 2.18. The molecule has 78 valence electrons. The Labute approximate surface area is 91.7 Å². The van der Waals surface area contributed by atoms with E-state index in [0.717, 1.165) is 4.47 Å². The number of phenolic OH excluding ortho intramolecular Hbond substituents is 1. The first-order valence-electron chi connectivity index (χ1n) is 4.50. The maximum atomic E-state index is 9.54. The molecule has 0 radical (unpaired) electrons. The molecule has 1 aromatic rings. The third-order valence-electron chi connectivity index (χ3n) is 2.06. The summed E-state index contributed by atoms with van der Waals surface area (Å²) in [5, 5.41) is 18.2. The van der Waals surface area contributed by atoms with Crippen LogP contribution in [0.2, 0.25) is 0 Å². The van der Waals surface area contributed by atoms with Crippen molar-refractivity contribution < 1.29 is 10.2 Å². The van der Waals surface area contributed by atoms with Gasteiger partial charge in [-0.2, -0.15) is 0 Å². The minimum atomic E-state index is -0.223. The quantitative estimate of drug-likeness (QED) is 0.774. The molecule has 0 heterocycles. The second kappa shape index (κ2) is 5.34. The van der Waals surface area contributed by atoms with Crippen molar-refractivity contribution in [3.05, 3.63) is 28.2 Å². The molecule has 0 saturated heterocycles. The van der Waals surface area contributed by atoms with Crippen molar-refractivity contribution >= 4 is 15.9 Å². The van der Waals surface area contributed by atoms with Crippen LogP contribution < -0.4 is 5.73 Å². The summed E-state index contributed by atoms with van der Waals surface area (Å²) in [4.78, 5) is 0. The number of aliphatic hydroxyl groups is 1. The van der Waals surface area contributed by atoms with Crippen LogP contribution in [-0.4, -0.2) is 16.8 Å². The Morgan fingerprint density at radius 3 is 2.79 bits per heavy atom. The molecule has 14 heavy (non-hydrogen) atoms. The van der Waals surface area contributed by atoms with Crippen molar-refractivity contribution in [3.8, 4) is 5.75 Å². The van der Waals surface area contributed by atoms with Crippen LogP contribution in [0.1, 0.15) is 24.4 Å². The third-order valence-corrected chi connectivity index (χ3v) is 2.56. The Kier molecular flexibility index (Phi) is 4.38. The summed E-state index contributed by atoms with van der Waals surface area (Å²) >= 11 is 3.32. The molecule has 0 aliphatic heterocycles. The molecule has 0 fully saturated rings. The maximum absolute atomic E-state index is 9.54. The number of aromatic hydroxyl groups is 1. The van der Waals surface area contributed by atoms with E-state index in [0.29, 0.717) is 18.4 Å². The van der Waals surface area contributed by atoms with Crippen molar-refractivity contribution in [2.24, 2.45) is 5.73 Å². The first kappa shape index (κ1) is 11.5. The van der Waals surface area contributed by atoms with Gasteiger partial charge in [0.1, 0.15) is 5.75 Å². The van der Waals surface area contributed by atoms with E-state index < -0.39 is 0 Å². The van der Waals surface area contributed by atoms with Crippen LogP contribution in [0.15, 0.2) is 22.7 Å². The molecule has 0 unspecified atom stereocenters. The van der Waals surface area contributed by atoms with E-state index in [1.54, 1.807) is 18.2 Å². The molecule has 1 rings (SSSR count). The summed E-state index contributed by atoms with van der Waals surface area (Å²) in [5.74, 6) is 0.207. The predicted octanol–water partition coefficient (Wildman–Crippen LogP) is 1.93. The molecule has 0 aliphatic rings. The van der Waals surface area contributed by atoms with Gasteiger partial charge in [-0.05, 0) is 31.0 Å². The summed E-state index contributed by atoms with van der Waals surface area (Å²) in [6.07, 6.45) is 1.31. The number of hydrogen-bond donors (Lipinski definition) is 3. The van der Waals surface area contributed by atoms with Crippen LogP contribution in [0.5, 0.6) is 5.75 Å². The predicted molar refractivity (Wildman–Crippen MR) is 59.1 cm³/mol. The summed E-state index contributed by atoms with van der Waals surface area (Å²) in [7, 11) is 0. The lowest BCUT2D eigenvalue weighted by Crippen LogP contribution is -2.11. The van der Waals surface area contributed by atoms with Crippen LogP contribution in [-0.2, 0) is 0 Å². The van der Waals surface area contributed by atoms with Gasteiger partial charge in [-0.15, -0.1) is 0 Å². The molecule has 0 aromatic heterocycles. The summed E-state index contributed by atoms with van der Waals surface area (Å²) in [5.41, 5.74) is 6.57. The molecular formula is C10H14BrNO2. The fourth-order valence-corrected chi connectivity index (χ4v) is 1.67. The van der Waals surface area contributed by atoms with Crippen LogP contribution in [0, 0.1) is 0 Å². The number of benzene rings is 1. The molecule has 1 atom stereocenters.